The van der Waals surface area contributed by atoms with Crippen LogP contribution in [0.25, 0.3) is 0 Å². The monoisotopic (exact) mass is 189 g/mol. The van der Waals surface area contributed by atoms with Crippen molar-refractivity contribution in [2.45, 2.75) is 33.0 Å². The number of ether oxygens (including phenoxy) is 2. The number of hydrogen-bond donors (Lipinski definition) is 1. The van der Waals surface area contributed by atoms with Gasteiger partial charge in [-0.2, -0.15) is 0 Å². The first-order chi connectivity index (χ1) is 6.20. The summed E-state index contributed by atoms with van der Waals surface area (Å²) in [4.78, 5) is 0. The fourth-order valence-electron chi connectivity index (χ4n) is 1.12. The van der Waals surface area contributed by atoms with E-state index < -0.39 is 0 Å². The Labute approximate surface area is 81.8 Å². The van der Waals surface area contributed by atoms with E-state index >= 15 is 0 Å². The van der Waals surface area contributed by atoms with Gasteiger partial charge in [-0.3, -0.25) is 0 Å². The summed E-state index contributed by atoms with van der Waals surface area (Å²) in [5.41, 5.74) is 0. The molecule has 0 aliphatic heterocycles. The molecule has 0 fully saturated rings. The number of rotatable bonds is 8. The molecule has 0 amide bonds. The summed E-state index contributed by atoms with van der Waals surface area (Å²) in [6, 6.07) is 0. The topological polar surface area (TPSA) is 30.5 Å². The molecular formula is C10H23NO2. The van der Waals surface area contributed by atoms with E-state index in [1.807, 2.05) is 0 Å². The molecule has 0 aliphatic rings. The lowest BCUT2D eigenvalue weighted by molar-refractivity contribution is -0.0986. The molecule has 1 N–H and O–H groups in total. The Morgan fingerprint density at radius 1 is 1.15 bits per heavy atom. The molecule has 0 unspecified atom stereocenters. The van der Waals surface area contributed by atoms with Gasteiger partial charge in [0, 0.05) is 20.8 Å². The van der Waals surface area contributed by atoms with Crippen molar-refractivity contribution in [2.75, 3.05) is 27.3 Å². The van der Waals surface area contributed by atoms with E-state index in [2.05, 4.69) is 19.2 Å². The van der Waals surface area contributed by atoms with E-state index in [1.54, 1.807) is 14.2 Å². The van der Waals surface area contributed by atoms with Crippen LogP contribution in [0.5, 0.6) is 0 Å². The Kier molecular flexibility index (Phi) is 8.40. The molecule has 0 rings (SSSR count). The Bertz CT molecular complexity index is 103. The minimum absolute atomic E-state index is 0.112. The molecular weight excluding hydrogens is 166 g/mol. The van der Waals surface area contributed by atoms with Crippen LogP contribution in [0.15, 0.2) is 0 Å². The third-order valence-corrected chi connectivity index (χ3v) is 1.97. The second kappa shape index (κ2) is 8.48. The molecule has 80 valence electrons. The second-order valence-corrected chi connectivity index (χ2v) is 3.64. The van der Waals surface area contributed by atoms with Crippen molar-refractivity contribution >= 4 is 0 Å². The molecule has 0 saturated heterocycles. The Hall–Kier alpha value is -0.120. The van der Waals surface area contributed by atoms with Crippen molar-refractivity contribution in [3.63, 3.8) is 0 Å². The molecule has 0 spiro atoms. The summed E-state index contributed by atoms with van der Waals surface area (Å²) < 4.78 is 10.1. The van der Waals surface area contributed by atoms with Crippen LogP contribution >= 0.6 is 0 Å². The van der Waals surface area contributed by atoms with Gasteiger partial charge in [-0.05, 0) is 25.3 Å². The molecule has 0 bridgehead atoms. The van der Waals surface area contributed by atoms with Crippen LogP contribution in [-0.2, 0) is 9.47 Å². The molecule has 13 heavy (non-hydrogen) atoms. The molecule has 0 heterocycles. The quantitative estimate of drug-likeness (QED) is 0.465. The highest BCUT2D eigenvalue weighted by Gasteiger charge is 2.02. The van der Waals surface area contributed by atoms with E-state index in [9.17, 15) is 0 Å². The zero-order valence-corrected chi connectivity index (χ0v) is 9.30. The molecule has 0 atom stereocenters. The summed E-state index contributed by atoms with van der Waals surface area (Å²) in [5, 5.41) is 3.29. The first-order valence-electron chi connectivity index (χ1n) is 4.97. The number of nitrogens with one attached hydrogen (secondary N) is 1. The van der Waals surface area contributed by atoms with Gasteiger partial charge in [0.15, 0.2) is 6.29 Å². The van der Waals surface area contributed by atoms with Crippen LogP contribution in [0.1, 0.15) is 26.7 Å². The standard InChI is InChI=1S/C10H23NO2/c1-9(2)6-5-7-11-8-10(12-3)13-4/h9-11H,5-8H2,1-4H3. The van der Waals surface area contributed by atoms with E-state index in [1.165, 1.54) is 12.8 Å². The minimum atomic E-state index is -0.112. The van der Waals surface area contributed by atoms with E-state index in [0.717, 1.165) is 19.0 Å². The van der Waals surface area contributed by atoms with Crippen molar-refractivity contribution in [3.8, 4) is 0 Å². The fourth-order valence-corrected chi connectivity index (χ4v) is 1.12. The summed E-state index contributed by atoms with van der Waals surface area (Å²) in [5.74, 6) is 0.794. The zero-order valence-electron chi connectivity index (χ0n) is 9.30. The van der Waals surface area contributed by atoms with Crippen molar-refractivity contribution in [2.24, 2.45) is 5.92 Å². The number of hydrogen-bond acceptors (Lipinski definition) is 3. The van der Waals surface area contributed by atoms with E-state index in [0.29, 0.717) is 0 Å². The molecule has 0 aromatic rings. The molecule has 0 aromatic carbocycles. The van der Waals surface area contributed by atoms with Gasteiger partial charge >= 0.3 is 0 Å². The lowest BCUT2D eigenvalue weighted by Crippen LogP contribution is -2.30. The molecule has 0 radical (unpaired) electrons. The highest BCUT2D eigenvalue weighted by Crippen LogP contribution is 2.01. The van der Waals surface area contributed by atoms with Crippen molar-refractivity contribution in [3.05, 3.63) is 0 Å². The SMILES string of the molecule is COC(CNCCCC(C)C)OC. The van der Waals surface area contributed by atoms with Gasteiger partial charge in [-0.15, -0.1) is 0 Å². The highest BCUT2D eigenvalue weighted by molar-refractivity contribution is 4.53. The normalized spacial score (nSPS) is 11.5. The van der Waals surface area contributed by atoms with Gasteiger partial charge in [0.1, 0.15) is 0 Å². The van der Waals surface area contributed by atoms with Gasteiger partial charge in [-0.25, -0.2) is 0 Å². The lowest BCUT2D eigenvalue weighted by Gasteiger charge is -2.14. The molecule has 0 aliphatic carbocycles. The Morgan fingerprint density at radius 2 is 1.77 bits per heavy atom. The third-order valence-electron chi connectivity index (χ3n) is 1.97. The van der Waals surface area contributed by atoms with Gasteiger partial charge in [0.05, 0.1) is 0 Å². The van der Waals surface area contributed by atoms with Gasteiger partial charge in [0.2, 0.25) is 0 Å². The second-order valence-electron chi connectivity index (χ2n) is 3.64. The van der Waals surface area contributed by atoms with Gasteiger partial charge < -0.3 is 14.8 Å². The smallest absolute Gasteiger partial charge is 0.169 e. The van der Waals surface area contributed by atoms with Crippen LogP contribution in [0.3, 0.4) is 0 Å². The maximum Gasteiger partial charge on any atom is 0.169 e. The van der Waals surface area contributed by atoms with Crippen LogP contribution in [0, 0.1) is 5.92 Å². The maximum atomic E-state index is 5.04. The van der Waals surface area contributed by atoms with Crippen LogP contribution in [0.2, 0.25) is 0 Å². The first-order valence-corrected chi connectivity index (χ1v) is 4.97. The van der Waals surface area contributed by atoms with Gasteiger partial charge in [-0.1, -0.05) is 13.8 Å². The van der Waals surface area contributed by atoms with Gasteiger partial charge in [0.25, 0.3) is 0 Å². The first kappa shape index (κ1) is 12.9. The molecule has 3 nitrogen and oxygen atoms in total. The van der Waals surface area contributed by atoms with Crippen LogP contribution in [0.4, 0.5) is 0 Å². The van der Waals surface area contributed by atoms with Crippen LogP contribution < -0.4 is 5.32 Å². The molecule has 3 heteroatoms. The largest absolute Gasteiger partial charge is 0.355 e. The third kappa shape index (κ3) is 8.22. The average Bonchev–Trinajstić information content (AvgIpc) is 2.11. The van der Waals surface area contributed by atoms with Crippen molar-refractivity contribution < 1.29 is 9.47 Å². The zero-order chi connectivity index (χ0) is 10.1. The molecule has 0 aromatic heterocycles. The predicted octanol–water partition coefficient (Wildman–Crippen LogP) is 1.63. The average molecular weight is 189 g/mol. The van der Waals surface area contributed by atoms with Crippen molar-refractivity contribution in [1.29, 1.82) is 0 Å². The summed E-state index contributed by atoms with van der Waals surface area (Å²) >= 11 is 0. The minimum Gasteiger partial charge on any atom is -0.355 e. The molecule has 0 saturated carbocycles. The summed E-state index contributed by atoms with van der Waals surface area (Å²) in [6.07, 6.45) is 2.38. The van der Waals surface area contributed by atoms with E-state index in [-0.39, 0.29) is 6.29 Å². The highest BCUT2D eigenvalue weighted by atomic mass is 16.7. The summed E-state index contributed by atoms with van der Waals surface area (Å²) in [6.45, 7) is 6.30. The number of methoxy groups -OCH3 is 2. The predicted molar refractivity (Wildman–Crippen MR) is 54.7 cm³/mol. The maximum absolute atomic E-state index is 5.04. The van der Waals surface area contributed by atoms with Crippen molar-refractivity contribution in [1.82, 2.24) is 5.32 Å². The van der Waals surface area contributed by atoms with Crippen LogP contribution in [-0.4, -0.2) is 33.6 Å². The lowest BCUT2D eigenvalue weighted by atomic mass is 10.1. The van der Waals surface area contributed by atoms with E-state index in [4.69, 9.17) is 9.47 Å². The fraction of sp³-hybridized carbons (Fsp3) is 1.00. The summed E-state index contributed by atoms with van der Waals surface area (Å²) in [7, 11) is 3.31. The Balaban J connectivity index is 3.14. The Morgan fingerprint density at radius 3 is 2.23 bits per heavy atom.